The summed E-state index contributed by atoms with van der Waals surface area (Å²) in [5.74, 6) is 0.807. The van der Waals surface area contributed by atoms with Crippen LogP contribution >= 0.6 is 0 Å². The fourth-order valence-corrected chi connectivity index (χ4v) is 2.63. The van der Waals surface area contributed by atoms with Gasteiger partial charge in [-0.3, -0.25) is 4.79 Å². The summed E-state index contributed by atoms with van der Waals surface area (Å²) in [7, 11) is 0. The van der Waals surface area contributed by atoms with Crippen molar-refractivity contribution < 1.29 is 9.21 Å². The zero-order valence-electron chi connectivity index (χ0n) is 11.7. The van der Waals surface area contributed by atoms with E-state index in [0.717, 1.165) is 0 Å². The zero-order chi connectivity index (χ0) is 13.8. The normalized spacial score (nSPS) is 19.9. The molecule has 0 radical (unpaired) electrons. The Balaban J connectivity index is 1.91. The fourth-order valence-electron chi connectivity index (χ4n) is 2.63. The lowest BCUT2D eigenvalue weighted by Gasteiger charge is -2.27. The summed E-state index contributed by atoms with van der Waals surface area (Å²) < 4.78 is 5.18. The van der Waals surface area contributed by atoms with Gasteiger partial charge in [0.15, 0.2) is 5.69 Å². The van der Waals surface area contributed by atoms with E-state index in [-0.39, 0.29) is 18.0 Å². The van der Waals surface area contributed by atoms with Gasteiger partial charge in [0.1, 0.15) is 6.26 Å². The smallest absolute Gasteiger partial charge is 0.273 e. The molecule has 5 nitrogen and oxygen atoms in total. The first-order valence-electron chi connectivity index (χ1n) is 7.10. The molecule has 1 fully saturated rings. The van der Waals surface area contributed by atoms with Crippen LogP contribution in [-0.4, -0.2) is 16.9 Å². The van der Waals surface area contributed by atoms with Crippen molar-refractivity contribution in [1.29, 1.82) is 0 Å². The monoisotopic (exact) mass is 265 g/mol. The second kappa shape index (κ2) is 6.19. The Morgan fingerprint density at radius 2 is 2.11 bits per heavy atom. The van der Waals surface area contributed by atoms with Crippen molar-refractivity contribution >= 4 is 5.91 Å². The summed E-state index contributed by atoms with van der Waals surface area (Å²) in [6.07, 6.45) is 7.63. The third-order valence-electron chi connectivity index (χ3n) is 3.86. The first kappa shape index (κ1) is 14.1. The Bertz CT molecular complexity index is 422. The van der Waals surface area contributed by atoms with Crippen LogP contribution in [0.15, 0.2) is 10.7 Å². The highest BCUT2D eigenvalue weighted by Gasteiger charge is 2.23. The van der Waals surface area contributed by atoms with Gasteiger partial charge >= 0.3 is 0 Å². The molecule has 2 unspecified atom stereocenters. The Kier molecular flexibility index (Phi) is 4.58. The lowest BCUT2D eigenvalue weighted by molar-refractivity contribution is 0.0914. The van der Waals surface area contributed by atoms with Crippen LogP contribution in [0.4, 0.5) is 0 Å². The van der Waals surface area contributed by atoms with Gasteiger partial charge in [0.2, 0.25) is 5.89 Å². The first-order valence-corrected chi connectivity index (χ1v) is 7.10. The summed E-state index contributed by atoms with van der Waals surface area (Å²) >= 11 is 0. The number of nitrogens with two attached hydrogens (primary N) is 1. The largest absolute Gasteiger partial charge is 0.446 e. The molecule has 1 aromatic rings. The molecule has 0 spiro atoms. The Hall–Kier alpha value is -1.36. The van der Waals surface area contributed by atoms with Gasteiger partial charge in [0.25, 0.3) is 5.91 Å². The highest BCUT2D eigenvalue weighted by atomic mass is 16.3. The molecule has 2 atom stereocenters. The number of nitrogens with zero attached hydrogens (tertiary/aromatic N) is 1. The molecule has 1 aromatic heterocycles. The second-order valence-corrected chi connectivity index (χ2v) is 5.52. The minimum Gasteiger partial charge on any atom is -0.446 e. The van der Waals surface area contributed by atoms with Crippen molar-refractivity contribution in [1.82, 2.24) is 10.3 Å². The summed E-state index contributed by atoms with van der Waals surface area (Å²) in [5, 5.41) is 3.02. The molecule has 1 saturated carbocycles. The SMILES string of the molecule is CC(N)c1nc(C(=O)NC(C)C2CCCCC2)co1. The quantitative estimate of drug-likeness (QED) is 0.875. The lowest BCUT2D eigenvalue weighted by atomic mass is 9.84. The summed E-state index contributed by atoms with van der Waals surface area (Å²) in [4.78, 5) is 16.2. The van der Waals surface area contributed by atoms with Crippen molar-refractivity contribution in [2.75, 3.05) is 0 Å². The van der Waals surface area contributed by atoms with E-state index in [0.29, 0.717) is 17.5 Å². The van der Waals surface area contributed by atoms with Crippen molar-refractivity contribution in [3.05, 3.63) is 17.8 Å². The van der Waals surface area contributed by atoms with Gasteiger partial charge in [-0.1, -0.05) is 19.3 Å². The van der Waals surface area contributed by atoms with E-state index in [9.17, 15) is 4.79 Å². The molecule has 1 amide bonds. The molecule has 1 heterocycles. The molecule has 2 rings (SSSR count). The van der Waals surface area contributed by atoms with Crippen molar-refractivity contribution in [2.24, 2.45) is 11.7 Å². The van der Waals surface area contributed by atoms with Gasteiger partial charge in [0, 0.05) is 6.04 Å². The van der Waals surface area contributed by atoms with Crippen LogP contribution in [0.5, 0.6) is 0 Å². The van der Waals surface area contributed by atoms with Gasteiger partial charge in [-0.05, 0) is 32.6 Å². The number of carbonyl (C=O) groups is 1. The average molecular weight is 265 g/mol. The van der Waals surface area contributed by atoms with Gasteiger partial charge in [-0.2, -0.15) is 0 Å². The molecule has 0 bridgehead atoms. The van der Waals surface area contributed by atoms with E-state index >= 15 is 0 Å². The summed E-state index contributed by atoms with van der Waals surface area (Å²) in [5.41, 5.74) is 5.97. The lowest BCUT2D eigenvalue weighted by Crippen LogP contribution is -2.39. The van der Waals surface area contributed by atoms with Crippen LogP contribution < -0.4 is 11.1 Å². The molecule has 5 heteroatoms. The summed E-state index contributed by atoms with van der Waals surface area (Å²) in [6.45, 7) is 3.85. The fraction of sp³-hybridized carbons (Fsp3) is 0.714. The van der Waals surface area contributed by atoms with E-state index in [1.807, 2.05) is 0 Å². The highest BCUT2D eigenvalue weighted by Crippen LogP contribution is 2.26. The number of carbonyl (C=O) groups excluding carboxylic acids is 1. The van der Waals surface area contributed by atoms with Crippen LogP contribution in [0.3, 0.4) is 0 Å². The third kappa shape index (κ3) is 3.56. The molecular formula is C14H23N3O2. The predicted octanol–water partition coefficient (Wildman–Crippen LogP) is 2.39. The number of aromatic nitrogens is 1. The van der Waals surface area contributed by atoms with Crippen LogP contribution in [0.2, 0.25) is 0 Å². The summed E-state index contributed by atoms with van der Waals surface area (Å²) in [6, 6.07) is -0.111. The minimum absolute atomic E-state index is 0.172. The van der Waals surface area contributed by atoms with E-state index < -0.39 is 0 Å². The predicted molar refractivity (Wildman–Crippen MR) is 72.6 cm³/mol. The maximum atomic E-state index is 12.1. The van der Waals surface area contributed by atoms with Crippen molar-refractivity contribution in [3.63, 3.8) is 0 Å². The average Bonchev–Trinajstić information content (AvgIpc) is 2.89. The number of oxazole rings is 1. The molecule has 3 N–H and O–H groups in total. The van der Waals surface area contributed by atoms with Gasteiger partial charge in [0.05, 0.1) is 6.04 Å². The number of amides is 1. The van der Waals surface area contributed by atoms with Gasteiger partial charge in [-0.15, -0.1) is 0 Å². The third-order valence-corrected chi connectivity index (χ3v) is 3.86. The van der Waals surface area contributed by atoms with E-state index in [1.54, 1.807) is 6.92 Å². The van der Waals surface area contributed by atoms with Crippen LogP contribution in [-0.2, 0) is 0 Å². The molecule has 1 aliphatic rings. The molecule has 106 valence electrons. The molecule has 0 saturated heterocycles. The molecular weight excluding hydrogens is 242 g/mol. The maximum absolute atomic E-state index is 12.1. The molecule has 0 aromatic carbocycles. The van der Waals surface area contributed by atoms with Crippen molar-refractivity contribution in [3.8, 4) is 0 Å². The maximum Gasteiger partial charge on any atom is 0.273 e. The minimum atomic E-state index is -0.294. The van der Waals surface area contributed by atoms with Crippen LogP contribution in [0.25, 0.3) is 0 Å². The number of hydrogen-bond acceptors (Lipinski definition) is 4. The zero-order valence-corrected chi connectivity index (χ0v) is 11.7. The Labute approximate surface area is 114 Å². The number of rotatable bonds is 4. The second-order valence-electron chi connectivity index (χ2n) is 5.52. The number of hydrogen-bond donors (Lipinski definition) is 2. The van der Waals surface area contributed by atoms with Crippen molar-refractivity contribution in [2.45, 2.75) is 58.0 Å². The van der Waals surface area contributed by atoms with E-state index in [1.165, 1.54) is 38.4 Å². The number of nitrogens with one attached hydrogen (secondary N) is 1. The van der Waals surface area contributed by atoms with Gasteiger partial charge in [-0.25, -0.2) is 4.98 Å². The van der Waals surface area contributed by atoms with Gasteiger partial charge < -0.3 is 15.5 Å². The highest BCUT2D eigenvalue weighted by molar-refractivity contribution is 5.92. The standard InChI is InChI=1S/C14H23N3O2/c1-9(15)14-17-12(8-19-14)13(18)16-10(2)11-6-4-3-5-7-11/h8-11H,3-7,15H2,1-2H3,(H,16,18). The van der Waals surface area contributed by atoms with Crippen LogP contribution in [0, 0.1) is 5.92 Å². The first-order chi connectivity index (χ1) is 9.08. The molecule has 1 aliphatic carbocycles. The molecule has 19 heavy (non-hydrogen) atoms. The topological polar surface area (TPSA) is 81.1 Å². The van der Waals surface area contributed by atoms with E-state index in [4.69, 9.17) is 10.2 Å². The van der Waals surface area contributed by atoms with Crippen LogP contribution in [0.1, 0.15) is 68.4 Å². The molecule has 0 aliphatic heterocycles. The Morgan fingerprint density at radius 1 is 1.42 bits per heavy atom. The Morgan fingerprint density at radius 3 is 2.68 bits per heavy atom. The van der Waals surface area contributed by atoms with E-state index in [2.05, 4.69) is 17.2 Å².